The Balaban J connectivity index is 0.00000300. The molecule has 154 valence electrons. The summed E-state index contributed by atoms with van der Waals surface area (Å²) in [5.74, 6) is 0.720. The van der Waals surface area contributed by atoms with Crippen molar-refractivity contribution in [2.75, 3.05) is 26.2 Å². The van der Waals surface area contributed by atoms with Crippen molar-refractivity contribution in [2.45, 2.75) is 19.9 Å². The summed E-state index contributed by atoms with van der Waals surface area (Å²) in [5.41, 5.74) is 3.74. The highest BCUT2D eigenvalue weighted by molar-refractivity contribution is 14.0. The van der Waals surface area contributed by atoms with Crippen LogP contribution in [-0.4, -0.2) is 42.9 Å². The van der Waals surface area contributed by atoms with E-state index < -0.39 is 0 Å². The SMILES string of the molecule is CCNC(=NCC(=O)NCc1ccccc1)N1CC=C(c2ccccc2)CC1.I. The predicted molar refractivity (Wildman–Crippen MR) is 130 cm³/mol. The minimum atomic E-state index is -0.0724. The van der Waals surface area contributed by atoms with Crippen LogP contribution in [0.1, 0.15) is 24.5 Å². The summed E-state index contributed by atoms with van der Waals surface area (Å²) in [6.07, 6.45) is 3.22. The van der Waals surface area contributed by atoms with Crippen LogP contribution in [-0.2, 0) is 11.3 Å². The van der Waals surface area contributed by atoms with Crippen LogP contribution in [0.15, 0.2) is 71.7 Å². The van der Waals surface area contributed by atoms with E-state index in [1.54, 1.807) is 0 Å². The Morgan fingerprint density at radius 1 is 1.03 bits per heavy atom. The average molecular weight is 504 g/mol. The van der Waals surface area contributed by atoms with E-state index in [1.165, 1.54) is 11.1 Å². The standard InChI is InChI=1S/C23H28N4O.HI/c1-2-24-23(26-18-22(28)25-17-19-9-5-3-6-10-19)27-15-13-21(14-16-27)20-11-7-4-8-12-20;/h3-13H,2,14-18H2,1H3,(H,24,26)(H,25,28);1H. The third-order valence-corrected chi connectivity index (χ3v) is 4.69. The fourth-order valence-electron chi connectivity index (χ4n) is 3.20. The van der Waals surface area contributed by atoms with E-state index in [0.717, 1.165) is 37.6 Å². The number of nitrogens with one attached hydrogen (secondary N) is 2. The molecule has 0 radical (unpaired) electrons. The highest BCUT2D eigenvalue weighted by Gasteiger charge is 2.16. The van der Waals surface area contributed by atoms with Gasteiger partial charge in [0.2, 0.25) is 5.91 Å². The first-order valence-electron chi connectivity index (χ1n) is 9.84. The first-order valence-corrected chi connectivity index (χ1v) is 9.84. The molecule has 1 heterocycles. The molecule has 0 saturated heterocycles. The monoisotopic (exact) mass is 504 g/mol. The van der Waals surface area contributed by atoms with Crippen molar-refractivity contribution >= 4 is 41.4 Å². The second-order valence-corrected chi connectivity index (χ2v) is 6.72. The molecule has 1 amide bonds. The second kappa shape index (κ2) is 12.3. The fraction of sp³-hybridized carbons (Fsp3) is 0.304. The summed E-state index contributed by atoms with van der Waals surface area (Å²) in [4.78, 5) is 18.9. The molecule has 1 aliphatic rings. The zero-order valence-corrected chi connectivity index (χ0v) is 19.1. The molecule has 29 heavy (non-hydrogen) atoms. The molecule has 0 bridgehead atoms. The topological polar surface area (TPSA) is 56.7 Å². The lowest BCUT2D eigenvalue weighted by Gasteiger charge is -2.29. The van der Waals surface area contributed by atoms with Gasteiger partial charge in [0, 0.05) is 26.2 Å². The van der Waals surface area contributed by atoms with Gasteiger partial charge in [0.15, 0.2) is 5.96 Å². The van der Waals surface area contributed by atoms with E-state index in [0.29, 0.717) is 6.54 Å². The highest BCUT2D eigenvalue weighted by atomic mass is 127. The lowest BCUT2D eigenvalue weighted by Crippen LogP contribution is -2.44. The summed E-state index contributed by atoms with van der Waals surface area (Å²) >= 11 is 0. The lowest BCUT2D eigenvalue weighted by atomic mass is 10.00. The second-order valence-electron chi connectivity index (χ2n) is 6.72. The number of hydrogen-bond acceptors (Lipinski definition) is 2. The Kier molecular flexibility index (Phi) is 9.70. The van der Waals surface area contributed by atoms with Gasteiger partial charge in [-0.3, -0.25) is 4.79 Å². The molecule has 0 aliphatic carbocycles. The Morgan fingerprint density at radius 3 is 2.34 bits per heavy atom. The van der Waals surface area contributed by atoms with Gasteiger partial charge < -0.3 is 15.5 Å². The van der Waals surface area contributed by atoms with Crippen molar-refractivity contribution in [1.29, 1.82) is 0 Å². The number of rotatable bonds is 6. The number of nitrogens with zero attached hydrogens (tertiary/aromatic N) is 2. The van der Waals surface area contributed by atoms with Crippen molar-refractivity contribution in [3.05, 3.63) is 77.9 Å². The van der Waals surface area contributed by atoms with Crippen molar-refractivity contribution < 1.29 is 4.79 Å². The van der Waals surface area contributed by atoms with Crippen LogP contribution in [0, 0.1) is 0 Å². The zero-order chi connectivity index (χ0) is 19.6. The number of benzene rings is 2. The summed E-state index contributed by atoms with van der Waals surface area (Å²) in [7, 11) is 0. The summed E-state index contributed by atoms with van der Waals surface area (Å²) in [6, 6.07) is 20.4. The number of amides is 1. The molecule has 0 saturated carbocycles. The molecule has 2 aromatic carbocycles. The minimum absolute atomic E-state index is 0. The molecule has 1 aliphatic heterocycles. The number of carbonyl (C=O) groups is 1. The number of halogens is 1. The Labute approximate surface area is 190 Å². The summed E-state index contributed by atoms with van der Waals surface area (Å²) in [6.45, 7) is 5.15. The summed E-state index contributed by atoms with van der Waals surface area (Å²) in [5, 5.41) is 6.23. The highest BCUT2D eigenvalue weighted by Crippen LogP contribution is 2.21. The molecule has 2 aromatic rings. The number of aliphatic imine (C=N–C) groups is 1. The number of hydrogen-bond donors (Lipinski definition) is 2. The average Bonchev–Trinajstić information content (AvgIpc) is 2.76. The summed E-state index contributed by atoms with van der Waals surface area (Å²) < 4.78 is 0. The van der Waals surface area contributed by atoms with E-state index in [2.05, 4.69) is 50.9 Å². The molecular formula is C23H29IN4O. The molecule has 6 heteroatoms. The fourth-order valence-corrected chi connectivity index (χ4v) is 3.20. The maximum absolute atomic E-state index is 12.2. The predicted octanol–water partition coefficient (Wildman–Crippen LogP) is 3.68. The van der Waals surface area contributed by atoms with E-state index in [-0.39, 0.29) is 36.4 Å². The maximum atomic E-state index is 12.2. The molecule has 5 nitrogen and oxygen atoms in total. The van der Waals surface area contributed by atoms with Crippen molar-refractivity contribution in [2.24, 2.45) is 4.99 Å². The smallest absolute Gasteiger partial charge is 0.242 e. The quantitative estimate of drug-likeness (QED) is 0.359. The molecule has 2 N–H and O–H groups in total. The van der Waals surface area contributed by atoms with Crippen LogP contribution >= 0.6 is 24.0 Å². The molecule has 0 aromatic heterocycles. The Bertz CT molecular complexity index is 821. The molecule has 3 rings (SSSR count). The minimum Gasteiger partial charge on any atom is -0.356 e. The van der Waals surface area contributed by atoms with Gasteiger partial charge in [0.25, 0.3) is 0 Å². The van der Waals surface area contributed by atoms with Crippen LogP contribution in [0.5, 0.6) is 0 Å². The molecule has 0 spiro atoms. The van der Waals surface area contributed by atoms with Gasteiger partial charge in [-0.2, -0.15) is 0 Å². The van der Waals surface area contributed by atoms with Gasteiger partial charge in [0.1, 0.15) is 6.54 Å². The van der Waals surface area contributed by atoms with Crippen LogP contribution < -0.4 is 10.6 Å². The van der Waals surface area contributed by atoms with Crippen LogP contribution in [0.4, 0.5) is 0 Å². The van der Waals surface area contributed by atoms with Gasteiger partial charge in [-0.05, 0) is 30.0 Å². The van der Waals surface area contributed by atoms with Gasteiger partial charge in [-0.1, -0.05) is 66.7 Å². The van der Waals surface area contributed by atoms with E-state index in [4.69, 9.17) is 0 Å². The van der Waals surface area contributed by atoms with Crippen LogP contribution in [0.3, 0.4) is 0 Å². The third kappa shape index (κ3) is 7.20. The molecule has 0 fully saturated rings. The molecule has 0 atom stereocenters. The van der Waals surface area contributed by atoms with E-state index in [1.807, 2.05) is 43.3 Å². The number of carbonyl (C=O) groups excluding carboxylic acids is 1. The van der Waals surface area contributed by atoms with Crippen LogP contribution in [0.2, 0.25) is 0 Å². The lowest BCUT2D eigenvalue weighted by molar-refractivity contribution is -0.119. The normalized spacial score (nSPS) is 13.9. The first-order chi connectivity index (χ1) is 13.8. The van der Waals surface area contributed by atoms with Gasteiger partial charge in [0.05, 0.1) is 0 Å². The van der Waals surface area contributed by atoms with Crippen molar-refractivity contribution in [1.82, 2.24) is 15.5 Å². The largest absolute Gasteiger partial charge is 0.356 e. The Morgan fingerprint density at radius 2 is 1.72 bits per heavy atom. The van der Waals surface area contributed by atoms with Gasteiger partial charge >= 0.3 is 0 Å². The molecular weight excluding hydrogens is 475 g/mol. The van der Waals surface area contributed by atoms with Gasteiger partial charge in [-0.15, -0.1) is 24.0 Å². The zero-order valence-electron chi connectivity index (χ0n) is 16.8. The van der Waals surface area contributed by atoms with Crippen molar-refractivity contribution in [3.8, 4) is 0 Å². The van der Waals surface area contributed by atoms with Gasteiger partial charge in [-0.25, -0.2) is 4.99 Å². The Hall–Kier alpha value is -2.35. The first kappa shape index (κ1) is 22.9. The third-order valence-electron chi connectivity index (χ3n) is 4.69. The van der Waals surface area contributed by atoms with Crippen molar-refractivity contribution in [3.63, 3.8) is 0 Å². The number of guanidine groups is 1. The van der Waals surface area contributed by atoms with Crippen LogP contribution in [0.25, 0.3) is 5.57 Å². The maximum Gasteiger partial charge on any atom is 0.242 e. The molecule has 0 unspecified atom stereocenters. The van der Waals surface area contributed by atoms with E-state index >= 15 is 0 Å². The van der Waals surface area contributed by atoms with E-state index in [9.17, 15) is 4.79 Å².